The van der Waals surface area contributed by atoms with Crippen molar-refractivity contribution in [3.63, 3.8) is 0 Å². The highest BCUT2D eigenvalue weighted by Gasteiger charge is 2.48. The molecular formula is C15H18INOS. The Hall–Kier alpha value is -0.100. The normalized spacial score (nSPS) is 39.5. The van der Waals surface area contributed by atoms with Gasteiger partial charge in [0.1, 0.15) is 0 Å². The van der Waals surface area contributed by atoms with Gasteiger partial charge in [0, 0.05) is 11.4 Å². The summed E-state index contributed by atoms with van der Waals surface area (Å²) in [6, 6.07) is 2.45. The third-order valence-electron chi connectivity index (χ3n) is 5.35. The summed E-state index contributed by atoms with van der Waals surface area (Å²) >= 11 is 3.93. The maximum Gasteiger partial charge on any atom is 0.252 e. The van der Waals surface area contributed by atoms with Gasteiger partial charge in [-0.2, -0.15) is 0 Å². The fourth-order valence-corrected chi connectivity index (χ4v) is 6.15. The Labute approximate surface area is 131 Å². The summed E-state index contributed by atoms with van der Waals surface area (Å²) in [6.07, 6.45) is 6.91. The fraction of sp³-hybridized carbons (Fsp3) is 0.667. The van der Waals surface area contributed by atoms with Gasteiger partial charge in [-0.15, -0.1) is 11.3 Å². The summed E-state index contributed by atoms with van der Waals surface area (Å²) < 4.78 is 1.19. The van der Waals surface area contributed by atoms with Crippen molar-refractivity contribution < 1.29 is 4.79 Å². The Bertz CT molecular complexity index is 484. The van der Waals surface area contributed by atoms with Crippen LogP contribution in [0.15, 0.2) is 11.4 Å². The lowest BCUT2D eigenvalue weighted by Gasteiger charge is -2.54. The topological polar surface area (TPSA) is 29.1 Å². The molecular weight excluding hydrogens is 369 g/mol. The minimum absolute atomic E-state index is 0.150. The van der Waals surface area contributed by atoms with Gasteiger partial charge in [-0.1, -0.05) is 0 Å². The molecule has 4 fully saturated rings. The van der Waals surface area contributed by atoms with Gasteiger partial charge < -0.3 is 5.32 Å². The molecule has 1 aromatic rings. The van der Waals surface area contributed by atoms with E-state index in [4.69, 9.17) is 0 Å². The molecule has 4 aliphatic rings. The van der Waals surface area contributed by atoms with E-state index in [-0.39, 0.29) is 5.91 Å². The summed E-state index contributed by atoms with van der Waals surface area (Å²) in [7, 11) is 0. The van der Waals surface area contributed by atoms with Gasteiger partial charge in [0.15, 0.2) is 0 Å². The van der Waals surface area contributed by atoms with E-state index in [1.54, 1.807) is 11.3 Å². The maximum atomic E-state index is 12.3. The van der Waals surface area contributed by atoms with E-state index in [2.05, 4.69) is 27.9 Å². The van der Waals surface area contributed by atoms with Crippen LogP contribution in [0.1, 0.15) is 42.5 Å². The van der Waals surface area contributed by atoms with Gasteiger partial charge in [-0.25, -0.2) is 0 Å². The first kappa shape index (κ1) is 12.6. The van der Waals surface area contributed by atoms with Crippen LogP contribution < -0.4 is 5.32 Å². The molecule has 4 saturated carbocycles. The van der Waals surface area contributed by atoms with Crippen molar-refractivity contribution >= 4 is 39.8 Å². The molecule has 1 aromatic heterocycles. The molecule has 4 heteroatoms. The predicted molar refractivity (Wildman–Crippen MR) is 85.3 cm³/mol. The highest BCUT2D eigenvalue weighted by Crippen LogP contribution is 2.53. The van der Waals surface area contributed by atoms with Crippen molar-refractivity contribution in [3.05, 3.63) is 19.9 Å². The van der Waals surface area contributed by atoms with E-state index in [9.17, 15) is 4.79 Å². The lowest BCUT2D eigenvalue weighted by Crippen LogP contribution is -2.55. The van der Waals surface area contributed by atoms with Crippen molar-refractivity contribution in [2.45, 2.75) is 38.1 Å². The van der Waals surface area contributed by atoms with Crippen LogP contribution in [0, 0.1) is 26.6 Å². The summed E-state index contributed by atoms with van der Waals surface area (Å²) in [5, 5.41) is 5.34. The third kappa shape index (κ3) is 2.24. The zero-order valence-electron chi connectivity index (χ0n) is 10.8. The van der Waals surface area contributed by atoms with Gasteiger partial charge in [0.25, 0.3) is 5.91 Å². The van der Waals surface area contributed by atoms with E-state index in [1.807, 2.05) is 11.4 Å². The lowest BCUT2D eigenvalue weighted by molar-refractivity contribution is -0.0119. The summed E-state index contributed by atoms with van der Waals surface area (Å²) in [4.78, 5) is 12.3. The van der Waals surface area contributed by atoms with Gasteiger partial charge in [0.2, 0.25) is 0 Å². The minimum Gasteiger partial charge on any atom is -0.349 e. The average Bonchev–Trinajstić information content (AvgIpc) is 2.79. The molecule has 0 aliphatic heterocycles. The molecule has 102 valence electrons. The molecule has 0 unspecified atom stereocenters. The molecule has 1 N–H and O–H groups in total. The van der Waals surface area contributed by atoms with Gasteiger partial charge in [-0.05, 0) is 84.4 Å². The first-order valence-electron chi connectivity index (χ1n) is 7.24. The zero-order valence-corrected chi connectivity index (χ0v) is 13.7. The van der Waals surface area contributed by atoms with E-state index in [1.165, 1.54) is 35.0 Å². The molecule has 19 heavy (non-hydrogen) atoms. The molecule has 0 radical (unpaired) electrons. The Morgan fingerprint density at radius 1 is 1.16 bits per heavy atom. The second kappa shape index (κ2) is 4.72. The molecule has 4 bridgehead atoms. The standard InChI is InChI=1S/C15H18INOS/c16-13-6-12(7-19-13)15(18)17-14-10-2-8-1-9(4-10)5-11(14)3-8/h6-11,14H,1-5H2,(H,17,18). The Morgan fingerprint density at radius 2 is 1.79 bits per heavy atom. The molecule has 0 spiro atoms. The fourth-order valence-electron chi connectivity index (χ4n) is 4.82. The Morgan fingerprint density at radius 3 is 2.32 bits per heavy atom. The van der Waals surface area contributed by atoms with Crippen LogP contribution in [0.5, 0.6) is 0 Å². The van der Waals surface area contributed by atoms with Crippen molar-refractivity contribution in [1.82, 2.24) is 5.32 Å². The number of carbonyl (C=O) groups is 1. The molecule has 5 rings (SSSR count). The molecule has 4 aliphatic carbocycles. The number of thiophene rings is 1. The van der Waals surface area contributed by atoms with Crippen LogP contribution in [0.3, 0.4) is 0 Å². The van der Waals surface area contributed by atoms with Crippen molar-refractivity contribution in [2.75, 3.05) is 0 Å². The van der Waals surface area contributed by atoms with Crippen LogP contribution in [-0.2, 0) is 0 Å². The third-order valence-corrected chi connectivity index (χ3v) is 7.14. The first-order valence-corrected chi connectivity index (χ1v) is 9.20. The Balaban J connectivity index is 1.49. The molecule has 0 aromatic carbocycles. The summed E-state index contributed by atoms with van der Waals surface area (Å²) in [5.41, 5.74) is 0.850. The van der Waals surface area contributed by atoms with Crippen molar-refractivity contribution in [3.8, 4) is 0 Å². The lowest BCUT2D eigenvalue weighted by atomic mass is 9.54. The van der Waals surface area contributed by atoms with E-state index in [0.29, 0.717) is 6.04 Å². The van der Waals surface area contributed by atoms with E-state index in [0.717, 1.165) is 29.2 Å². The molecule has 2 nitrogen and oxygen atoms in total. The monoisotopic (exact) mass is 387 g/mol. The summed E-state index contributed by atoms with van der Waals surface area (Å²) in [5.74, 6) is 3.61. The highest BCUT2D eigenvalue weighted by molar-refractivity contribution is 14.1. The molecule has 1 amide bonds. The largest absolute Gasteiger partial charge is 0.349 e. The van der Waals surface area contributed by atoms with Gasteiger partial charge in [0.05, 0.1) is 8.45 Å². The predicted octanol–water partition coefficient (Wildman–Crippen LogP) is 3.91. The minimum atomic E-state index is 0.150. The van der Waals surface area contributed by atoms with Crippen LogP contribution >= 0.6 is 33.9 Å². The number of nitrogens with one attached hydrogen (secondary N) is 1. The van der Waals surface area contributed by atoms with Crippen LogP contribution in [-0.4, -0.2) is 11.9 Å². The number of halogens is 1. The zero-order chi connectivity index (χ0) is 13.0. The van der Waals surface area contributed by atoms with Crippen molar-refractivity contribution in [1.29, 1.82) is 0 Å². The number of carbonyl (C=O) groups excluding carboxylic acids is 1. The van der Waals surface area contributed by atoms with Crippen LogP contribution in [0.2, 0.25) is 0 Å². The average molecular weight is 387 g/mol. The maximum absolute atomic E-state index is 12.3. The number of rotatable bonds is 2. The molecule has 0 saturated heterocycles. The summed E-state index contributed by atoms with van der Waals surface area (Å²) in [6.45, 7) is 0. The molecule has 0 atom stereocenters. The highest BCUT2D eigenvalue weighted by atomic mass is 127. The second-order valence-corrected chi connectivity index (χ2v) is 9.37. The molecule has 1 heterocycles. The SMILES string of the molecule is O=C(NC1C2CC3CC(C2)CC1C3)c1csc(I)c1. The van der Waals surface area contributed by atoms with E-state index >= 15 is 0 Å². The second-order valence-electron chi connectivity index (χ2n) is 6.57. The number of amides is 1. The Kier molecular flexibility index (Phi) is 3.14. The van der Waals surface area contributed by atoms with Gasteiger partial charge in [-0.3, -0.25) is 4.79 Å². The van der Waals surface area contributed by atoms with Crippen LogP contribution in [0.25, 0.3) is 0 Å². The smallest absolute Gasteiger partial charge is 0.252 e. The number of hydrogen-bond donors (Lipinski definition) is 1. The van der Waals surface area contributed by atoms with Crippen molar-refractivity contribution in [2.24, 2.45) is 23.7 Å². The number of hydrogen-bond acceptors (Lipinski definition) is 2. The van der Waals surface area contributed by atoms with Crippen LogP contribution in [0.4, 0.5) is 0 Å². The first-order chi connectivity index (χ1) is 9.19. The quantitative estimate of drug-likeness (QED) is 0.767. The van der Waals surface area contributed by atoms with Gasteiger partial charge >= 0.3 is 0 Å². The van der Waals surface area contributed by atoms with E-state index < -0.39 is 0 Å².